The Kier molecular flexibility index (Phi) is 47.9. The lowest BCUT2D eigenvalue weighted by Crippen LogP contribution is -2.35. The van der Waals surface area contributed by atoms with Gasteiger partial charge >= 0.3 is 0 Å². The molecular formula is C83H128Cl2N4O18S4. The Balaban J connectivity index is 0.000000385. The minimum absolute atomic E-state index is 0.00134. The van der Waals surface area contributed by atoms with Crippen LogP contribution in [0.25, 0.3) is 0 Å². The van der Waals surface area contributed by atoms with Crippen LogP contribution in [0.3, 0.4) is 0 Å². The summed E-state index contributed by atoms with van der Waals surface area (Å²) < 4.78 is 110. The molecule has 0 saturated heterocycles. The Morgan fingerprint density at radius 3 is 0.802 bits per heavy atom. The van der Waals surface area contributed by atoms with E-state index in [1.54, 1.807) is 28.6 Å². The second-order valence-electron chi connectivity index (χ2n) is 28.1. The molecule has 111 heavy (non-hydrogen) atoms. The number of aliphatic hydroxyl groups excluding tert-OH is 1. The van der Waals surface area contributed by atoms with Crippen LogP contribution in [0.5, 0.6) is 51.7 Å². The van der Waals surface area contributed by atoms with E-state index in [1.807, 2.05) is 6.07 Å². The zero-order chi connectivity index (χ0) is 82.4. The summed E-state index contributed by atoms with van der Waals surface area (Å²) in [6.45, 7) is 15.4. The molecule has 0 amide bonds. The zero-order valence-corrected chi connectivity index (χ0v) is 71.0. The highest BCUT2D eigenvalue weighted by Gasteiger charge is 2.31. The Bertz CT molecular complexity index is 4040. The predicted octanol–water partition coefficient (Wildman–Crippen LogP) is 19.9. The number of phenolic OH excluding ortho intramolecular Hbond substituents is 9. The van der Waals surface area contributed by atoms with Crippen molar-refractivity contribution in [3.8, 4) is 51.7 Å². The maximum Gasteiger partial charge on any atom is 0.243 e. The van der Waals surface area contributed by atoms with Crippen molar-refractivity contribution >= 4 is 63.3 Å². The van der Waals surface area contributed by atoms with Gasteiger partial charge in [-0.1, -0.05) is 262 Å². The number of rotatable bonds is 51. The number of aromatic hydroxyl groups is 9. The summed E-state index contributed by atoms with van der Waals surface area (Å²) in [6.07, 6.45) is 32.5. The highest BCUT2D eigenvalue weighted by Crippen LogP contribution is 2.37. The Morgan fingerprint density at radius 1 is 0.288 bits per heavy atom. The number of hydrogen-bond donors (Lipinski definition) is 10. The summed E-state index contributed by atoms with van der Waals surface area (Å²) in [5, 5.41) is 97.0. The van der Waals surface area contributed by atoms with E-state index >= 15 is 0 Å². The summed E-state index contributed by atoms with van der Waals surface area (Å²) in [5.41, 5.74) is 1.17. The van der Waals surface area contributed by atoms with E-state index in [4.69, 9.17) is 23.2 Å². The highest BCUT2D eigenvalue weighted by molar-refractivity contribution is 7.90. The molecule has 28 heteroatoms. The third-order valence-electron chi connectivity index (χ3n) is 18.9. The number of unbranched alkanes of at least 4 members (excludes halogenated alkanes) is 26. The topological polar surface area (TPSA) is 352 Å². The fourth-order valence-electron chi connectivity index (χ4n) is 12.1. The molecule has 0 saturated carbocycles. The molecule has 0 aliphatic carbocycles. The zero-order valence-electron chi connectivity index (χ0n) is 66.2. The number of hydrogen-bond acceptors (Lipinski definition) is 18. The van der Waals surface area contributed by atoms with Crippen molar-refractivity contribution < 1.29 is 84.7 Å². The number of aliphatic hydroxyl groups is 1. The van der Waals surface area contributed by atoms with Gasteiger partial charge in [-0.25, -0.2) is 33.7 Å². The third-order valence-corrected chi connectivity index (χ3v) is 27.0. The molecule has 0 aromatic heterocycles. The molecule has 22 nitrogen and oxygen atoms in total. The molecular weight excluding hydrogens is 1540 g/mol. The quantitative estimate of drug-likeness (QED) is 0.0125. The molecule has 6 aromatic carbocycles. The molecule has 0 heterocycles. The average Bonchev–Trinajstić information content (AvgIpc) is 0.817. The minimum atomic E-state index is -3.96. The maximum atomic E-state index is 13.2. The smallest absolute Gasteiger partial charge is 0.243 e. The summed E-state index contributed by atoms with van der Waals surface area (Å²) in [7, 11) is -15.2. The van der Waals surface area contributed by atoms with Crippen LogP contribution in [0, 0.1) is 0 Å². The van der Waals surface area contributed by atoms with Crippen LogP contribution >= 0.6 is 23.2 Å². The third kappa shape index (κ3) is 35.5. The normalized spacial score (nSPS) is 12.2. The molecule has 626 valence electrons. The van der Waals surface area contributed by atoms with Crippen molar-refractivity contribution in [1.29, 1.82) is 0 Å². The fraction of sp³-hybridized carbons (Fsp3) is 0.566. The minimum Gasteiger partial charge on any atom is -0.505 e. The SMILES string of the molecule is CCCCCCCCN(CC(O)c1ccccc1)S(=O)(=O)c1ccc(O)c(O)c1.CCCCCCCCN(CCCCCCCC)S(=O)(=O)c1ccc(O)c(O)c1.CCCCCCCCN(Cc1cc(Cl)c(O)c(Cl)c1)S(=O)(=O)c1ccc(O)c(O)c1.CCCCCCN(CCCCCC)S(=O)(=O)c1ccc(O)c(O)c1. The van der Waals surface area contributed by atoms with E-state index in [0.29, 0.717) is 50.1 Å². The predicted molar refractivity (Wildman–Crippen MR) is 444 cm³/mol. The first-order valence-electron chi connectivity index (χ1n) is 39.9. The molecule has 0 aliphatic rings. The number of nitrogens with zero attached hydrogens (tertiary/aromatic N) is 4. The molecule has 6 rings (SSSR count). The van der Waals surface area contributed by atoms with Crippen LogP contribution < -0.4 is 0 Å². The van der Waals surface area contributed by atoms with Gasteiger partial charge in [0.1, 0.15) is 0 Å². The molecule has 0 radical (unpaired) electrons. The van der Waals surface area contributed by atoms with Gasteiger partial charge in [0.2, 0.25) is 40.1 Å². The van der Waals surface area contributed by atoms with Crippen molar-refractivity contribution in [2.45, 2.75) is 279 Å². The van der Waals surface area contributed by atoms with E-state index in [0.717, 1.165) is 184 Å². The number of sulfonamides is 4. The van der Waals surface area contributed by atoms with Gasteiger partial charge < -0.3 is 51.1 Å². The van der Waals surface area contributed by atoms with Crippen molar-refractivity contribution in [1.82, 2.24) is 17.2 Å². The number of phenols is 9. The monoisotopic (exact) mass is 1670 g/mol. The van der Waals surface area contributed by atoms with Crippen molar-refractivity contribution in [2.24, 2.45) is 0 Å². The number of benzene rings is 6. The first kappa shape index (κ1) is 98.9. The van der Waals surface area contributed by atoms with Gasteiger partial charge in [-0.2, -0.15) is 17.2 Å². The van der Waals surface area contributed by atoms with Crippen molar-refractivity contribution in [3.63, 3.8) is 0 Å². The molecule has 0 spiro atoms. The van der Waals surface area contributed by atoms with E-state index in [9.17, 15) is 84.7 Å². The van der Waals surface area contributed by atoms with Crippen LogP contribution in [0.4, 0.5) is 0 Å². The van der Waals surface area contributed by atoms with Gasteiger partial charge in [0.15, 0.2) is 51.7 Å². The van der Waals surface area contributed by atoms with Gasteiger partial charge in [0.05, 0.1) is 35.7 Å². The van der Waals surface area contributed by atoms with Gasteiger partial charge in [-0.3, -0.25) is 0 Å². The van der Waals surface area contributed by atoms with Gasteiger partial charge in [-0.15, -0.1) is 0 Å². The summed E-state index contributed by atoms with van der Waals surface area (Å²) in [4.78, 5) is -0.164. The van der Waals surface area contributed by atoms with Gasteiger partial charge in [-0.05, 0) is 110 Å². The molecule has 0 fully saturated rings. The molecule has 10 N–H and O–H groups in total. The van der Waals surface area contributed by atoms with E-state index in [-0.39, 0.29) is 78.8 Å². The first-order valence-corrected chi connectivity index (χ1v) is 46.4. The molecule has 0 bridgehead atoms. The van der Waals surface area contributed by atoms with Crippen LogP contribution in [-0.2, 0) is 46.6 Å². The van der Waals surface area contributed by atoms with E-state index < -0.39 is 74.9 Å². The lowest BCUT2D eigenvalue weighted by Gasteiger charge is -2.25. The number of halogens is 2. The van der Waals surface area contributed by atoms with E-state index in [1.165, 1.54) is 106 Å². The second kappa shape index (κ2) is 53.7. The summed E-state index contributed by atoms with van der Waals surface area (Å²) >= 11 is 12.0. The fourth-order valence-corrected chi connectivity index (χ4v) is 18.7. The lowest BCUT2D eigenvalue weighted by atomic mass is 10.1. The Labute approximate surface area is 674 Å². The van der Waals surface area contributed by atoms with E-state index in [2.05, 4.69) is 41.5 Å². The van der Waals surface area contributed by atoms with Gasteiger partial charge in [0.25, 0.3) is 0 Å². The summed E-state index contributed by atoms with van der Waals surface area (Å²) in [6, 6.07) is 26.1. The van der Waals surface area contributed by atoms with Crippen LogP contribution in [0.1, 0.15) is 264 Å². The summed E-state index contributed by atoms with van der Waals surface area (Å²) in [5.74, 6) is -3.46. The Hall–Kier alpha value is -6.30. The lowest BCUT2D eigenvalue weighted by molar-refractivity contribution is 0.147. The molecule has 1 atom stereocenters. The van der Waals surface area contributed by atoms with Crippen LogP contribution in [0.2, 0.25) is 10.0 Å². The van der Waals surface area contributed by atoms with Crippen LogP contribution in [-0.4, -0.2) is 148 Å². The largest absolute Gasteiger partial charge is 0.505 e. The van der Waals surface area contributed by atoms with Crippen LogP contribution in [0.15, 0.2) is 135 Å². The standard InChI is InChI=1S/C22H31NO5S.C22H39NO4S.C21H27Cl2NO5S.C18H31NO4S/c1-2-3-4-5-6-10-15-23(17-22(26)18-11-8-7-9-12-18)29(27,28)19-13-14-20(24)21(25)16-19;1-3-5-7-9-11-13-17-23(18-14-12-10-8-6-4-2)28(26,27)20-15-16-21(24)22(25)19-20;1-2-3-4-5-6-7-10-24(14-15-11-17(22)21(27)18(23)12-15)30(28,29)16-8-9-19(25)20(26)13-16;1-3-5-7-9-13-19(14-10-8-6-4-2)24(22,23)16-11-12-17(20)18(21)15-16/h7-9,11-14,16,22,24-26H,2-6,10,15,17H2,1H3;15-16,19,24-25H,3-14,17-18H2,1-2H3;8-9,11-13,25-27H,2-7,10,14H2,1H3;11-12,15,20-21H,3-10,13-14H2,1-2H3. The molecule has 6 aromatic rings. The molecule has 0 aliphatic heterocycles. The highest BCUT2D eigenvalue weighted by atomic mass is 35.5. The van der Waals surface area contributed by atoms with Crippen molar-refractivity contribution in [3.05, 3.63) is 136 Å². The Morgan fingerprint density at radius 2 is 0.523 bits per heavy atom. The second-order valence-corrected chi connectivity index (χ2v) is 36.7. The molecule has 1 unspecified atom stereocenters. The average molecular weight is 1670 g/mol. The maximum absolute atomic E-state index is 13.2. The van der Waals surface area contributed by atoms with Gasteiger partial charge in [0, 0.05) is 76.6 Å². The van der Waals surface area contributed by atoms with Crippen molar-refractivity contribution in [2.75, 3.05) is 45.8 Å². The first-order chi connectivity index (χ1) is 52.9.